The Morgan fingerprint density at radius 1 is 1.31 bits per heavy atom. The van der Waals surface area contributed by atoms with Crippen LogP contribution in [0, 0.1) is 0 Å². The fraction of sp³-hybridized carbons (Fsp3) is 0.500. The second-order valence-electron chi connectivity index (χ2n) is 3.00. The summed E-state index contributed by atoms with van der Waals surface area (Å²) >= 11 is 0. The van der Waals surface area contributed by atoms with Crippen molar-refractivity contribution in [3.8, 4) is 0 Å². The molecule has 0 aromatic heterocycles. The molecule has 0 aromatic rings. The summed E-state index contributed by atoms with van der Waals surface area (Å²) in [6.45, 7) is 10.4. The Balaban J connectivity index is 0. The third kappa shape index (κ3) is 12.4. The van der Waals surface area contributed by atoms with Gasteiger partial charge >= 0.3 is 11.9 Å². The number of carboxylic acid groups (broad SMARTS) is 1. The fourth-order valence-electron chi connectivity index (χ4n) is 0.881. The van der Waals surface area contributed by atoms with Crippen molar-refractivity contribution >= 4 is 11.9 Å². The number of carbonyl (C=O) groups excluding carboxylic acids is 1. The van der Waals surface area contributed by atoms with E-state index in [1.807, 2.05) is 6.92 Å². The van der Waals surface area contributed by atoms with Gasteiger partial charge in [-0.15, -0.1) is 0 Å². The summed E-state index contributed by atoms with van der Waals surface area (Å²) in [5.74, 6) is -1.30. The number of carbonyl (C=O) groups is 2. The highest BCUT2D eigenvalue weighted by Gasteiger charge is 2.07. The summed E-state index contributed by atoms with van der Waals surface area (Å²) in [7, 11) is 0. The number of rotatable bonds is 6. The number of esters is 1. The van der Waals surface area contributed by atoms with Crippen LogP contribution in [0.3, 0.4) is 0 Å². The van der Waals surface area contributed by atoms with E-state index in [1.54, 1.807) is 0 Å². The van der Waals surface area contributed by atoms with Crippen molar-refractivity contribution in [1.29, 1.82) is 0 Å². The van der Waals surface area contributed by atoms with Gasteiger partial charge in [-0.2, -0.15) is 0 Å². The maximum Gasteiger partial charge on any atom is 0.330 e. The van der Waals surface area contributed by atoms with Gasteiger partial charge in [0.15, 0.2) is 0 Å². The minimum Gasteiger partial charge on any atom is -0.478 e. The number of carboxylic acids is 1. The molecule has 0 aliphatic heterocycles. The molecule has 0 aromatic carbocycles. The van der Waals surface area contributed by atoms with E-state index in [-0.39, 0.29) is 12.1 Å². The Bertz CT molecular complexity index is 233. The van der Waals surface area contributed by atoms with Crippen LogP contribution in [0.1, 0.15) is 33.1 Å². The van der Waals surface area contributed by atoms with Gasteiger partial charge in [0.2, 0.25) is 0 Å². The number of hydrogen-bond acceptors (Lipinski definition) is 3. The molecule has 4 heteroatoms. The fourth-order valence-corrected chi connectivity index (χ4v) is 0.881. The molecule has 0 aliphatic rings. The van der Waals surface area contributed by atoms with Gasteiger partial charge in [-0.1, -0.05) is 33.4 Å². The monoisotopic (exact) mass is 228 g/mol. The van der Waals surface area contributed by atoms with Crippen LogP contribution in [0.2, 0.25) is 0 Å². The summed E-state index contributed by atoms with van der Waals surface area (Å²) in [6, 6.07) is 0. The van der Waals surface area contributed by atoms with Crippen LogP contribution in [0.15, 0.2) is 25.3 Å². The molecule has 0 bridgehead atoms. The highest BCUT2D eigenvalue weighted by molar-refractivity contribution is 5.81. The molecule has 0 rings (SSSR count). The highest BCUT2D eigenvalue weighted by Crippen LogP contribution is 2.06. The third-order valence-electron chi connectivity index (χ3n) is 1.69. The molecule has 0 amide bonds. The first-order chi connectivity index (χ1) is 7.51. The summed E-state index contributed by atoms with van der Waals surface area (Å²) in [6.07, 6.45) is 4.98. The lowest BCUT2D eigenvalue weighted by atomic mass is 10.2. The molecule has 0 spiro atoms. The minimum absolute atomic E-state index is 0.0745. The second kappa shape index (κ2) is 11.5. The molecule has 1 N–H and O–H groups in total. The molecule has 4 nitrogen and oxygen atoms in total. The molecular formula is C12H20O4. The Hall–Kier alpha value is -1.58. The molecule has 92 valence electrons. The Kier molecular flexibility index (Phi) is 12.1. The van der Waals surface area contributed by atoms with E-state index >= 15 is 0 Å². The second-order valence-corrected chi connectivity index (χ2v) is 3.00. The molecule has 1 atom stereocenters. The maximum atomic E-state index is 10.7. The van der Waals surface area contributed by atoms with Crippen LogP contribution in [0.25, 0.3) is 0 Å². The molecule has 0 aliphatic carbocycles. The van der Waals surface area contributed by atoms with Crippen molar-refractivity contribution in [2.45, 2.75) is 39.2 Å². The van der Waals surface area contributed by atoms with E-state index in [2.05, 4.69) is 20.1 Å². The molecular weight excluding hydrogens is 208 g/mol. The molecule has 0 saturated carbocycles. The molecule has 0 heterocycles. The van der Waals surface area contributed by atoms with E-state index in [1.165, 1.54) is 6.08 Å². The SMILES string of the molecule is C=CC(=O)O.C=CC(=O)OC(CC)CCC. The van der Waals surface area contributed by atoms with Gasteiger partial charge in [-0.05, 0) is 12.8 Å². The van der Waals surface area contributed by atoms with Crippen molar-refractivity contribution in [2.75, 3.05) is 0 Å². The van der Waals surface area contributed by atoms with Crippen molar-refractivity contribution in [3.05, 3.63) is 25.3 Å². The van der Waals surface area contributed by atoms with Gasteiger partial charge in [0, 0.05) is 12.2 Å². The number of hydrogen-bond donors (Lipinski definition) is 1. The van der Waals surface area contributed by atoms with E-state index < -0.39 is 5.97 Å². The van der Waals surface area contributed by atoms with E-state index in [0.29, 0.717) is 0 Å². The number of ether oxygens (including phenoxy) is 1. The van der Waals surface area contributed by atoms with Crippen LogP contribution in [-0.2, 0) is 14.3 Å². The zero-order valence-corrected chi connectivity index (χ0v) is 9.94. The summed E-state index contributed by atoms with van der Waals surface area (Å²) in [4.78, 5) is 20.0. The largest absolute Gasteiger partial charge is 0.478 e. The maximum absolute atomic E-state index is 10.7. The standard InChI is InChI=1S/C9H16O2.C3H4O2/c1-4-7-8(5-2)11-9(10)6-3;1-2-3(4)5/h6,8H,3-5,7H2,1-2H3;2H,1H2,(H,4,5). The van der Waals surface area contributed by atoms with Gasteiger partial charge in [0.1, 0.15) is 6.10 Å². The lowest BCUT2D eigenvalue weighted by Crippen LogP contribution is -2.15. The third-order valence-corrected chi connectivity index (χ3v) is 1.69. The predicted molar refractivity (Wildman–Crippen MR) is 63.1 cm³/mol. The first-order valence-electron chi connectivity index (χ1n) is 5.20. The molecule has 0 fully saturated rings. The van der Waals surface area contributed by atoms with Crippen molar-refractivity contribution < 1.29 is 19.4 Å². The molecule has 0 saturated heterocycles. The lowest BCUT2D eigenvalue weighted by molar-refractivity contribution is -0.143. The van der Waals surface area contributed by atoms with Gasteiger partial charge in [-0.3, -0.25) is 0 Å². The van der Waals surface area contributed by atoms with Crippen LogP contribution in [0.4, 0.5) is 0 Å². The predicted octanol–water partition coefficient (Wildman–Crippen LogP) is 2.55. The van der Waals surface area contributed by atoms with Crippen LogP contribution >= 0.6 is 0 Å². The highest BCUT2D eigenvalue weighted by atomic mass is 16.5. The Morgan fingerprint density at radius 3 is 2.06 bits per heavy atom. The van der Waals surface area contributed by atoms with E-state index in [9.17, 15) is 9.59 Å². The average molecular weight is 228 g/mol. The van der Waals surface area contributed by atoms with E-state index in [0.717, 1.165) is 25.3 Å². The van der Waals surface area contributed by atoms with Crippen molar-refractivity contribution in [1.82, 2.24) is 0 Å². The van der Waals surface area contributed by atoms with Gasteiger partial charge in [0.05, 0.1) is 0 Å². The lowest BCUT2D eigenvalue weighted by Gasteiger charge is -2.13. The average Bonchev–Trinajstić information content (AvgIpc) is 2.28. The van der Waals surface area contributed by atoms with E-state index in [4.69, 9.17) is 9.84 Å². The molecule has 1 unspecified atom stereocenters. The minimum atomic E-state index is -0.981. The zero-order valence-electron chi connectivity index (χ0n) is 9.94. The molecule has 0 radical (unpaired) electrons. The number of aliphatic carboxylic acids is 1. The van der Waals surface area contributed by atoms with Gasteiger partial charge in [-0.25, -0.2) is 9.59 Å². The van der Waals surface area contributed by atoms with Crippen molar-refractivity contribution in [3.63, 3.8) is 0 Å². The van der Waals surface area contributed by atoms with Crippen LogP contribution < -0.4 is 0 Å². The van der Waals surface area contributed by atoms with Crippen molar-refractivity contribution in [2.24, 2.45) is 0 Å². The van der Waals surface area contributed by atoms with Crippen LogP contribution in [0.5, 0.6) is 0 Å². The normalized spacial score (nSPS) is 10.4. The Morgan fingerprint density at radius 2 is 1.81 bits per heavy atom. The zero-order chi connectivity index (χ0) is 13.0. The molecule has 16 heavy (non-hydrogen) atoms. The first kappa shape index (κ1) is 16.8. The van der Waals surface area contributed by atoms with Gasteiger partial charge < -0.3 is 9.84 Å². The summed E-state index contributed by atoms with van der Waals surface area (Å²) in [5.41, 5.74) is 0. The Labute approximate surface area is 96.6 Å². The first-order valence-corrected chi connectivity index (χ1v) is 5.20. The smallest absolute Gasteiger partial charge is 0.330 e. The topological polar surface area (TPSA) is 63.6 Å². The quantitative estimate of drug-likeness (QED) is 0.560. The summed E-state index contributed by atoms with van der Waals surface area (Å²) in [5, 5.41) is 7.60. The summed E-state index contributed by atoms with van der Waals surface area (Å²) < 4.78 is 5.03. The van der Waals surface area contributed by atoms with Crippen LogP contribution in [-0.4, -0.2) is 23.1 Å². The van der Waals surface area contributed by atoms with Gasteiger partial charge in [0.25, 0.3) is 0 Å².